The van der Waals surface area contributed by atoms with Crippen LogP contribution in [0.4, 0.5) is 5.82 Å². The first-order chi connectivity index (χ1) is 9.38. The standard InChI is InChI=1S/C16H25N3/c17-11-4-12-19(14-6-1-2-7-14)16-10-9-13-5-3-8-15(13)18-16/h9-10,14H,1-8,11-12,17H2. The molecule has 0 unspecified atom stereocenters. The fraction of sp³-hybridized carbons (Fsp3) is 0.688. The van der Waals surface area contributed by atoms with E-state index in [1.807, 2.05) is 0 Å². The predicted octanol–water partition coefficient (Wildman–Crippen LogP) is 2.67. The van der Waals surface area contributed by atoms with Gasteiger partial charge in [-0.05, 0) is 56.7 Å². The van der Waals surface area contributed by atoms with E-state index in [9.17, 15) is 0 Å². The fourth-order valence-corrected chi connectivity index (χ4v) is 3.53. The van der Waals surface area contributed by atoms with Gasteiger partial charge in [-0.25, -0.2) is 4.98 Å². The largest absolute Gasteiger partial charge is 0.354 e. The second-order valence-electron chi connectivity index (χ2n) is 5.90. The van der Waals surface area contributed by atoms with Crippen LogP contribution in [0.1, 0.15) is 49.8 Å². The Hall–Kier alpha value is -1.09. The van der Waals surface area contributed by atoms with Gasteiger partial charge in [-0.1, -0.05) is 18.9 Å². The number of anilines is 1. The maximum atomic E-state index is 5.70. The van der Waals surface area contributed by atoms with Crippen molar-refractivity contribution in [3.63, 3.8) is 0 Å². The van der Waals surface area contributed by atoms with Gasteiger partial charge in [-0.3, -0.25) is 0 Å². The molecule has 0 saturated heterocycles. The Morgan fingerprint density at radius 2 is 2.00 bits per heavy atom. The topological polar surface area (TPSA) is 42.1 Å². The van der Waals surface area contributed by atoms with Crippen molar-refractivity contribution in [1.82, 2.24) is 4.98 Å². The van der Waals surface area contributed by atoms with E-state index in [4.69, 9.17) is 10.7 Å². The molecule has 1 saturated carbocycles. The highest BCUT2D eigenvalue weighted by Gasteiger charge is 2.24. The predicted molar refractivity (Wildman–Crippen MR) is 79.5 cm³/mol. The molecule has 1 aromatic rings. The molecule has 2 aliphatic rings. The van der Waals surface area contributed by atoms with E-state index in [1.165, 1.54) is 62.0 Å². The quantitative estimate of drug-likeness (QED) is 0.884. The van der Waals surface area contributed by atoms with Crippen molar-refractivity contribution >= 4 is 5.82 Å². The zero-order valence-electron chi connectivity index (χ0n) is 11.8. The number of nitrogens with two attached hydrogens (primary N) is 1. The fourth-order valence-electron chi connectivity index (χ4n) is 3.53. The van der Waals surface area contributed by atoms with Gasteiger partial charge in [0.05, 0.1) is 0 Å². The molecule has 3 heteroatoms. The minimum atomic E-state index is 0.693. The summed E-state index contributed by atoms with van der Waals surface area (Å²) in [5.41, 5.74) is 8.50. The van der Waals surface area contributed by atoms with Crippen molar-refractivity contribution in [3.8, 4) is 0 Å². The molecule has 1 heterocycles. The van der Waals surface area contributed by atoms with Crippen molar-refractivity contribution in [2.45, 2.75) is 57.4 Å². The molecular weight excluding hydrogens is 234 g/mol. The third kappa shape index (κ3) is 2.76. The lowest BCUT2D eigenvalue weighted by atomic mass is 10.1. The Morgan fingerprint density at radius 3 is 2.79 bits per heavy atom. The van der Waals surface area contributed by atoms with E-state index >= 15 is 0 Å². The molecule has 1 aromatic heterocycles. The average molecular weight is 259 g/mol. The molecule has 0 radical (unpaired) electrons. The number of nitrogens with zero attached hydrogens (tertiary/aromatic N) is 2. The Labute approximate surface area is 116 Å². The molecule has 0 aliphatic heterocycles. The van der Waals surface area contributed by atoms with Crippen molar-refractivity contribution < 1.29 is 0 Å². The van der Waals surface area contributed by atoms with Crippen molar-refractivity contribution in [1.29, 1.82) is 0 Å². The molecule has 0 bridgehead atoms. The van der Waals surface area contributed by atoms with Gasteiger partial charge in [0.15, 0.2) is 0 Å². The molecule has 0 amide bonds. The molecule has 2 aliphatic carbocycles. The van der Waals surface area contributed by atoms with Crippen molar-refractivity contribution in [2.75, 3.05) is 18.0 Å². The minimum absolute atomic E-state index is 0.693. The monoisotopic (exact) mass is 259 g/mol. The van der Waals surface area contributed by atoms with Crippen molar-refractivity contribution in [3.05, 3.63) is 23.4 Å². The van der Waals surface area contributed by atoms with Crippen LogP contribution in [0, 0.1) is 0 Å². The van der Waals surface area contributed by atoms with Crippen LogP contribution in [0.3, 0.4) is 0 Å². The first kappa shape index (κ1) is 12.9. The van der Waals surface area contributed by atoms with Crippen LogP contribution in [-0.2, 0) is 12.8 Å². The SMILES string of the molecule is NCCCN(c1ccc2c(n1)CCC2)C1CCCC1. The normalized spacial score (nSPS) is 18.8. The summed E-state index contributed by atoms with van der Waals surface area (Å²) in [5.74, 6) is 1.20. The summed E-state index contributed by atoms with van der Waals surface area (Å²) in [6.45, 7) is 1.83. The Kier molecular flexibility index (Phi) is 4.02. The van der Waals surface area contributed by atoms with Gasteiger partial charge in [0.1, 0.15) is 5.82 Å². The van der Waals surface area contributed by atoms with E-state index in [-0.39, 0.29) is 0 Å². The smallest absolute Gasteiger partial charge is 0.129 e. The van der Waals surface area contributed by atoms with E-state index in [2.05, 4.69) is 17.0 Å². The summed E-state index contributed by atoms with van der Waals surface area (Å²) in [6, 6.07) is 5.23. The van der Waals surface area contributed by atoms with Crippen LogP contribution in [0.25, 0.3) is 0 Å². The molecule has 0 aromatic carbocycles. The number of fused-ring (bicyclic) bond motifs is 1. The molecule has 3 nitrogen and oxygen atoms in total. The second kappa shape index (κ2) is 5.91. The van der Waals surface area contributed by atoms with Gasteiger partial charge < -0.3 is 10.6 Å². The van der Waals surface area contributed by atoms with Crippen LogP contribution in [0.2, 0.25) is 0 Å². The van der Waals surface area contributed by atoms with Gasteiger partial charge in [0.2, 0.25) is 0 Å². The first-order valence-electron chi connectivity index (χ1n) is 7.84. The number of pyridine rings is 1. The Balaban J connectivity index is 1.81. The summed E-state index contributed by atoms with van der Waals surface area (Å²) in [6.07, 6.45) is 10.1. The lowest BCUT2D eigenvalue weighted by molar-refractivity contribution is 0.586. The number of hydrogen-bond donors (Lipinski definition) is 1. The van der Waals surface area contributed by atoms with E-state index in [0.29, 0.717) is 6.04 Å². The number of aryl methyl sites for hydroxylation is 2. The molecule has 0 atom stereocenters. The molecule has 19 heavy (non-hydrogen) atoms. The summed E-state index contributed by atoms with van der Waals surface area (Å²) >= 11 is 0. The number of rotatable bonds is 5. The number of aromatic nitrogens is 1. The molecule has 0 spiro atoms. The van der Waals surface area contributed by atoms with Gasteiger partial charge in [-0.15, -0.1) is 0 Å². The van der Waals surface area contributed by atoms with Crippen LogP contribution in [-0.4, -0.2) is 24.1 Å². The van der Waals surface area contributed by atoms with Crippen LogP contribution in [0.15, 0.2) is 12.1 Å². The lowest BCUT2D eigenvalue weighted by Crippen LogP contribution is -2.35. The molecule has 2 N–H and O–H groups in total. The summed E-state index contributed by atoms with van der Waals surface area (Å²) in [7, 11) is 0. The second-order valence-corrected chi connectivity index (χ2v) is 5.90. The first-order valence-corrected chi connectivity index (χ1v) is 7.84. The van der Waals surface area contributed by atoms with E-state index in [1.54, 1.807) is 0 Å². The molecular formula is C16H25N3. The molecule has 3 rings (SSSR count). The third-order valence-electron chi connectivity index (χ3n) is 4.58. The molecule has 104 valence electrons. The van der Waals surface area contributed by atoms with Gasteiger partial charge in [-0.2, -0.15) is 0 Å². The number of hydrogen-bond acceptors (Lipinski definition) is 3. The highest BCUT2D eigenvalue weighted by atomic mass is 15.2. The van der Waals surface area contributed by atoms with Gasteiger partial charge >= 0.3 is 0 Å². The Bertz CT molecular complexity index is 424. The highest BCUT2D eigenvalue weighted by molar-refractivity contribution is 5.44. The summed E-state index contributed by atoms with van der Waals surface area (Å²) < 4.78 is 0. The van der Waals surface area contributed by atoms with Crippen molar-refractivity contribution in [2.24, 2.45) is 5.73 Å². The summed E-state index contributed by atoms with van der Waals surface area (Å²) in [4.78, 5) is 7.46. The zero-order valence-corrected chi connectivity index (χ0v) is 11.8. The van der Waals surface area contributed by atoms with Crippen LogP contribution < -0.4 is 10.6 Å². The third-order valence-corrected chi connectivity index (χ3v) is 4.58. The Morgan fingerprint density at radius 1 is 1.16 bits per heavy atom. The average Bonchev–Trinajstić information content (AvgIpc) is 3.09. The lowest BCUT2D eigenvalue weighted by Gasteiger charge is -2.30. The highest BCUT2D eigenvalue weighted by Crippen LogP contribution is 2.29. The van der Waals surface area contributed by atoms with Crippen LogP contribution >= 0.6 is 0 Å². The zero-order chi connectivity index (χ0) is 13.1. The van der Waals surface area contributed by atoms with Gasteiger partial charge in [0.25, 0.3) is 0 Å². The van der Waals surface area contributed by atoms with E-state index in [0.717, 1.165) is 19.5 Å². The minimum Gasteiger partial charge on any atom is -0.354 e. The van der Waals surface area contributed by atoms with Gasteiger partial charge in [0, 0.05) is 18.3 Å². The van der Waals surface area contributed by atoms with Crippen LogP contribution in [0.5, 0.6) is 0 Å². The van der Waals surface area contributed by atoms with E-state index < -0.39 is 0 Å². The maximum Gasteiger partial charge on any atom is 0.129 e. The summed E-state index contributed by atoms with van der Waals surface area (Å²) in [5, 5.41) is 0. The maximum absolute atomic E-state index is 5.70. The molecule has 1 fully saturated rings.